The molecule has 2 aromatic carbocycles. The molecule has 2 atom stereocenters. The SMILES string of the molecule is Fc1ccc2c(C3=CC4CCC(C3)N4)c(-c3ccccc3)[nH]c2c1. The largest absolute Gasteiger partial charge is 0.354 e. The molecule has 1 aromatic heterocycles. The lowest BCUT2D eigenvalue weighted by molar-refractivity contribution is 0.575. The number of hydrogen-bond donors (Lipinski definition) is 2. The summed E-state index contributed by atoms with van der Waals surface area (Å²) in [5, 5.41) is 4.77. The molecule has 2 N–H and O–H groups in total. The maximum absolute atomic E-state index is 13.7. The normalized spacial score (nSPS) is 22.8. The Morgan fingerprint density at radius 1 is 1.00 bits per heavy atom. The van der Waals surface area contributed by atoms with Crippen LogP contribution < -0.4 is 5.32 Å². The first-order chi connectivity index (χ1) is 11.8. The molecular formula is C21H19FN2. The quantitative estimate of drug-likeness (QED) is 0.692. The van der Waals surface area contributed by atoms with Crippen molar-refractivity contribution in [2.45, 2.75) is 31.3 Å². The molecular weight excluding hydrogens is 299 g/mol. The Labute approximate surface area is 140 Å². The summed E-state index contributed by atoms with van der Waals surface area (Å²) in [5.74, 6) is -0.200. The Balaban J connectivity index is 1.76. The molecule has 3 heterocycles. The van der Waals surface area contributed by atoms with E-state index >= 15 is 0 Å². The van der Waals surface area contributed by atoms with Crippen LogP contribution in [-0.4, -0.2) is 17.1 Å². The minimum atomic E-state index is -0.200. The van der Waals surface area contributed by atoms with E-state index in [4.69, 9.17) is 0 Å². The highest BCUT2D eigenvalue weighted by Crippen LogP contribution is 2.40. The summed E-state index contributed by atoms with van der Waals surface area (Å²) >= 11 is 0. The Bertz CT molecular complexity index is 939. The first kappa shape index (κ1) is 14.0. The standard InChI is InChI=1S/C21H19FN2/c22-15-6-9-18-19(12-15)24-21(13-4-2-1-3-5-13)20(18)14-10-16-7-8-17(11-14)23-16/h1-6,9-10,12,16-17,23-24H,7-8,11H2. The van der Waals surface area contributed by atoms with Crippen molar-refractivity contribution >= 4 is 16.5 Å². The lowest BCUT2D eigenvalue weighted by Crippen LogP contribution is -2.31. The van der Waals surface area contributed by atoms with E-state index in [1.807, 2.05) is 24.3 Å². The van der Waals surface area contributed by atoms with E-state index < -0.39 is 0 Å². The highest BCUT2D eigenvalue weighted by atomic mass is 19.1. The van der Waals surface area contributed by atoms with Gasteiger partial charge in [-0.1, -0.05) is 36.4 Å². The van der Waals surface area contributed by atoms with Crippen molar-refractivity contribution in [1.82, 2.24) is 10.3 Å². The van der Waals surface area contributed by atoms with Crippen molar-refractivity contribution in [2.24, 2.45) is 0 Å². The second-order valence-electron chi connectivity index (χ2n) is 6.87. The maximum atomic E-state index is 13.7. The van der Waals surface area contributed by atoms with Gasteiger partial charge in [0.15, 0.2) is 0 Å². The fraction of sp³-hybridized carbons (Fsp3) is 0.238. The summed E-state index contributed by atoms with van der Waals surface area (Å²) in [4.78, 5) is 3.47. The first-order valence-corrected chi connectivity index (χ1v) is 8.62. The van der Waals surface area contributed by atoms with Crippen LogP contribution in [0.15, 0.2) is 54.6 Å². The number of rotatable bonds is 2. The van der Waals surface area contributed by atoms with Crippen LogP contribution in [0.4, 0.5) is 4.39 Å². The summed E-state index contributed by atoms with van der Waals surface area (Å²) in [6.45, 7) is 0. The molecule has 24 heavy (non-hydrogen) atoms. The van der Waals surface area contributed by atoms with Gasteiger partial charge in [-0.3, -0.25) is 0 Å². The molecule has 3 aromatic rings. The Hall–Kier alpha value is -2.39. The summed E-state index contributed by atoms with van der Waals surface area (Å²) in [5.41, 5.74) is 5.75. The van der Waals surface area contributed by atoms with Crippen molar-refractivity contribution in [3.05, 3.63) is 66.0 Å². The fourth-order valence-corrected chi connectivity index (χ4v) is 4.23. The van der Waals surface area contributed by atoms with Crippen LogP contribution >= 0.6 is 0 Å². The van der Waals surface area contributed by atoms with Crippen LogP contribution in [0.2, 0.25) is 0 Å². The molecule has 1 fully saturated rings. The topological polar surface area (TPSA) is 27.8 Å². The number of halogens is 1. The Morgan fingerprint density at radius 3 is 2.71 bits per heavy atom. The summed E-state index contributed by atoms with van der Waals surface area (Å²) in [6.07, 6.45) is 5.87. The molecule has 0 radical (unpaired) electrons. The number of hydrogen-bond acceptors (Lipinski definition) is 1. The van der Waals surface area contributed by atoms with Crippen LogP contribution in [0.25, 0.3) is 27.7 Å². The molecule has 0 amide bonds. The van der Waals surface area contributed by atoms with Gasteiger partial charge in [0.25, 0.3) is 0 Å². The first-order valence-electron chi connectivity index (χ1n) is 8.62. The van der Waals surface area contributed by atoms with E-state index in [2.05, 4.69) is 28.5 Å². The molecule has 2 nitrogen and oxygen atoms in total. The average molecular weight is 318 g/mol. The molecule has 1 saturated heterocycles. The third-order valence-electron chi connectivity index (χ3n) is 5.29. The van der Waals surface area contributed by atoms with Crippen molar-refractivity contribution < 1.29 is 4.39 Å². The van der Waals surface area contributed by atoms with Crippen molar-refractivity contribution in [3.63, 3.8) is 0 Å². The van der Waals surface area contributed by atoms with Crippen LogP contribution in [0.1, 0.15) is 24.8 Å². The smallest absolute Gasteiger partial charge is 0.125 e. The second-order valence-corrected chi connectivity index (χ2v) is 6.87. The number of fused-ring (bicyclic) bond motifs is 3. The van der Waals surface area contributed by atoms with Gasteiger partial charge in [-0.2, -0.15) is 0 Å². The van der Waals surface area contributed by atoms with E-state index in [1.54, 1.807) is 12.1 Å². The molecule has 120 valence electrons. The average Bonchev–Trinajstić information content (AvgIpc) is 3.15. The van der Waals surface area contributed by atoms with Gasteiger partial charge in [-0.05, 0) is 48.6 Å². The van der Waals surface area contributed by atoms with E-state index in [1.165, 1.54) is 24.0 Å². The van der Waals surface area contributed by atoms with Gasteiger partial charge >= 0.3 is 0 Å². The monoisotopic (exact) mass is 318 g/mol. The Morgan fingerprint density at radius 2 is 1.88 bits per heavy atom. The van der Waals surface area contributed by atoms with Crippen LogP contribution in [0.3, 0.4) is 0 Å². The number of aromatic amines is 1. The molecule has 0 spiro atoms. The summed E-state index contributed by atoms with van der Waals surface area (Å²) in [7, 11) is 0. The molecule has 0 saturated carbocycles. The molecule has 2 aliphatic rings. The zero-order valence-corrected chi connectivity index (χ0v) is 13.4. The lowest BCUT2D eigenvalue weighted by atomic mass is 9.92. The van der Waals surface area contributed by atoms with E-state index in [9.17, 15) is 4.39 Å². The molecule has 5 rings (SSSR count). The zero-order chi connectivity index (χ0) is 16.1. The van der Waals surface area contributed by atoms with Gasteiger partial charge in [0.2, 0.25) is 0 Å². The predicted octanol–water partition coefficient (Wildman–Crippen LogP) is 4.88. The van der Waals surface area contributed by atoms with Gasteiger partial charge in [0.05, 0.1) is 5.69 Å². The number of aromatic nitrogens is 1. The predicted molar refractivity (Wildman–Crippen MR) is 96.2 cm³/mol. The van der Waals surface area contributed by atoms with E-state index in [0.29, 0.717) is 12.1 Å². The molecule has 0 aliphatic carbocycles. The van der Waals surface area contributed by atoms with Crippen LogP contribution in [0, 0.1) is 5.82 Å². The summed E-state index contributed by atoms with van der Waals surface area (Å²) < 4.78 is 13.7. The van der Waals surface area contributed by atoms with Gasteiger partial charge in [0.1, 0.15) is 5.82 Å². The Kier molecular flexibility index (Phi) is 3.10. The van der Waals surface area contributed by atoms with Crippen molar-refractivity contribution in [1.29, 1.82) is 0 Å². The minimum Gasteiger partial charge on any atom is -0.354 e. The fourth-order valence-electron chi connectivity index (χ4n) is 4.23. The van der Waals surface area contributed by atoms with Gasteiger partial charge in [-0.25, -0.2) is 4.39 Å². The van der Waals surface area contributed by atoms with E-state index in [-0.39, 0.29) is 5.82 Å². The molecule has 2 bridgehead atoms. The van der Waals surface area contributed by atoms with Gasteiger partial charge in [-0.15, -0.1) is 0 Å². The van der Waals surface area contributed by atoms with E-state index in [0.717, 1.165) is 28.6 Å². The zero-order valence-electron chi connectivity index (χ0n) is 13.4. The maximum Gasteiger partial charge on any atom is 0.125 e. The van der Waals surface area contributed by atoms with Crippen molar-refractivity contribution in [2.75, 3.05) is 0 Å². The minimum absolute atomic E-state index is 0.200. The van der Waals surface area contributed by atoms with Crippen molar-refractivity contribution in [3.8, 4) is 11.3 Å². The number of benzene rings is 2. The number of H-pyrrole nitrogens is 1. The molecule has 3 heteroatoms. The molecule has 2 unspecified atom stereocenters. The highest BCUT2D eigenvalue weighted by molar-refractivity contribution is 6.00. The summed E-state index contributed by atoms with van der Waals surface area (Å²) in [6, 6.07) is 16.5. The van der Waals surface area contributed by atoms with Gasteiger partial charge in [0, 0.05) is 28.6 Å². The van der Waals surface area contributed by atoms with Crippen LogP contribution in [0.5, 0.6) is 0 Å². The van der Waals surface area contributed by atoms with Crippen LogP contribution in [-0.2, 0) is 0 Å². The highest BCUT2D eigenvalue weighted by Gasteiger charge is 2.30. The number of nitrogens with one attached hydrogen (secondary N) is 2. The lowest BCUT2D eigenvalue weighted by Gasteiger charge is -2.22. The second kappa shape index (κ2) is 5.32. The third kappa shape index (κ3) is 2.20. The third-order valence-corrected chi connectivity index (χ3v) is 5.29. The molecule has 2 aliphatic heterocycles. The van der Waals surface area contributed by atoms with Gasteiger partial charge < -0.3 is 10.3 Å².